The van der Waals surface area contributed by atoms with Crippen LogP contribution in [0.3, 0.4) is 0 Å². The number of thiophene rings is 1. The number of benzene rings is 1. The average Bonchev–Trinajstić information content (AvgIpc) is 2.87. The molecule has 1 nitrogen and oxygen atoms in total. The Morgan fingerprint density at radius 2 is 2.06 bits per heavy atom. The van der Waals surface area contributed by atoms with Crippen LogP contribution in [0.4, 0.5) is 0 Å². The summed E-state index contributed by atoms with van der Waals surface area (Å²) < 4.78 is 1.78. The van der Waals surface area contributed by atoms with Crippen LogP contribution >= 0.6 is 54.8 Å². The van der Waals surface area contributed by atoms with Crippen molar-refractivity contribution in [3.05, 3.63) is 55.1 Å². The zero-order valence-corrected chi connectivity index (χ0v) is 13.7. The van der Waals surface area contributed by atoms with Crippen LogP contribution in [0.1, 0.15) is 10.4 Å². The molecule has 90 valence electrons. The maximum absolute atomic E-state index is 9.28. The number of allylic oxidation sites excluding steroid dienone is 1. The lowest BCUT2D eigenvalue weighted by molar-refractivity contribution is 1.53. The van der Waals surface area contributed by atoms with E-state index in [-0.39, 0.29) is 0 Å². The van der Waals surface area contributed by atoms with Crippen LogP contribution in [-0.2, 0) is 0 Å². The highest BCUT2D eigenvalue weighted by Crippen LogP contribution is 2.36. The molecule has 2 aromatic rings. The number of hydrogen-bond donors (Lipinski definition) is 0. The van der Waals surface area contributed by atoms with Crippen molar-refractivity contribution in [1.29, 1.82) is 5.26 Å². The van der Waals surface area contributed by atoms with Crippen LogP contribution in [0.15, 0.2) is 44.7 Å². The zero-order chi connectivity index (χ0) is 13.1. The minimum absolute atomic E-state index is 0.452. The Morgan fingerprint density at radius 1 is 1.28 bits per heavy atom. The molecule has 0 fully saturated rings. The second-order valence-corrected chi connectivity index (χ2v) is 6.50. The van der Waals surface area contributed by atoms with Gasteiger partial charge in [0.15, 0.2) is 0 Å². The smallest absolute Gasteiger partial charge is 0.102 e. The van der Waals surface area contributed by atoms with Gasteiger partial charge in [-0.25, -0.2) is 0 Å². The zero-order valence-electron chi connectivity index (χ0n) is 8.95. The molecule has 18 heavy (non-hydrogen) atoms. The average molecular weight is 404 g/mol. The summed E-state index contributed by atoms with van der Waals surface area (Å²) in [6.45, 7) is 0. The van der Waals surface area contributed by atoms with Crippen molar-refractivity contribution in [3.63, 3.8) is 0 Å². The largest absolute Gasteiger partial charge is 0.192 e. The molecule has 2 rings (SSSR count). The minimum Gasteiger partial charge on any atom is -0.192 e. The van der Waals surface area contributed by atoms with Crippen molar-refractivity contribution in [1.82, 2.24) is 0 Å². The molecule has 1 heterocycles. The van der Waals surface area contributed by atoms with Gasteiger partial charge in [-0.15, -0.1) is 11.3 Å². The number of rotatable bonds is 2. The number of nitrogens with zero attached hydrogens (tertiary/aromatic N) is 1. The molecule has 0 saturated heterocycles. The Balaban J connectivity index is 2.62. The molecule has 0 aliphatic rings. The van der Waals surface area contributed by atoms with Crippen LogP contribution in [0.5, 0.6) is 0 Å². The molecule has 1 aromatic carbocycles. The topological polar surface area (TPSA) is 23.8 Å². The third-order valence-electron chi connectivity index (χ3n) is 2.26. The SMILES string of the molecule is N#C/C(=C(/Cl)c1cc(Br)ccc1Br)c1cccs1. The minimum atomic E-state index is 0.452. The summed E-state index contributed by atoms with van der Waals surface area (Å²) in [4.78, 5) is 0.870. The molecule has 0 radical (unpaired) electrons. The van der Waals surface area contributed by atoms with Gasteiger partial charge in [0.25, 0.3) is 0 Å². The molecule has 5 heteroatoms. The van der Waals surface area contributed by atoms with E-state index < -0.39 is 0 Å². The normalized spacial score (nSPS) is 11.9. The summed E-state index contributed by atoms with van der Waals surface area (Å²) in [7, 11) is 0. The van der Waals surface area contributed by atoms with Crippen LogP contribution in [0.25, 0.3) is 10.6 Å². The molecule has 0 spiro atoms. The quantitative estimate of drug-likeness (QED) is 0.573. The fourth-order valence-electron chi connectivity index (χ4n) is 1.43. The molecule has 0 bridgehead atoms. The van der Waals surface area contributed by atoms with E-state index in [1.807, 2.05) is 35.7 Å². The van der Waals surface area contributed by atoms with Gasteiger partial charge in [0.1, 0.15) is 6.07 Å². The molecule has 0 amide bonds. The Hall–Kier alpha value is -0.600. The van der Waals surface area contributed by atoms with E-state index in [2.05, 4.69) is 37.9 Å². The highest BCUT2D eigenvalue weighted by molar-refractivity contribution is 9.11. The lowest BCUT2D eigenvalue weighted by Gasteiger charge is -2.06. The standard InChI is InChI=1S/C13H6Br2ClNS/c14-8-3-4-11(15)9(6-8)13(16)10(7-17)12-2-1-5-18-12/h1-6H/b13-10-. The summed E-state index contributed by atoms with van der Waals surface area (Å²) >= 11 is 14.7. The van der Waals surface area contributed by atoms with Crippen LogP contribution in [0.2, 0.25) is 0 Å². The monoisotopic (exact) mass is 401 g/mol. The molecule has 0 unspecified atom stereocenters. The van der Waals surface area contributed by atoms with E-state index in [9.17, 15) is 5.26 Å². The summed E-state index contributed by atoms with van der Waals surface area (Å²) in [5, 5.41) is 11.7. The first-order valence-corrected chi connectivity index (χ1v) is 7.77. The summed E-state index contributed by atoms with van der Waals surface area (Å²) in [6.07, 6.45) is 0. The predicted molar refractivity (Wildman–Crippen MR) is 84.4 cm³/mol. The van der Waals surface area contributed by atoms with Crippen molar-refractivity contribution < 1.29 is 0 Å². The fraction of sp³-hybridized carbons (Fsp3) is 0. The first-order chi connectivity index (χ1) is 8.63. The van der Waals surface area contributed by atoms with Gasteiger partial charge in [0.2, 0.25) is 0 Å². The first kappa shape index (κ1) is 13.8. The lowest BCUT2D eigenvalue weighted by Crippen LogP contribution is -1.85. The van der Waals surface area contributed by atoms with E-state index >= 15 is 0 Å². The van der Waals surface area contributed by atoms with Gasteiger partial charge in [-0.2, -0.15) is 5.26 Å². The van der Waals surface area contributed by atoms with Crippen LogP contribution in [0, 0.1) is 11.3 Å². The molecule has 0 aliphatic heterocycles. The molecule has 0 aliphatic carbocycles. The molecule has 0 saturated carbocycles. The molecule has 0 N–H and O–H groups in total. The third kappa shape index (κ3) is 2.86. The summed E-state index contributed by atoms with van der Waals surface area (Å²) in [5.74, 6) is 0. The Kier molecular flexibility index (Phi) is 4.63. The Labute approximate surface area is 131 Å². The van der Waals surface area contributed by atoms with Crippen molar-refractivity contribution in [2.75, 3.05) is 0 Å². The van der Waals surface area contributed by atoms with Crippen molar-refractivity contribution in [2.45, 2.75) is 0 Å². The van der Waals surface area contributed by atoms with Crippen LogP contribution in [-0.4, -0.2) is 0 Å². The molecular weight excluding hydrogens is 397 g/mol. The third-order valence-corrected chi connectivity index (χ3v) is 4.73. The van der Waals surface area contributed by atoms with Crippen molar-refractivity contribution in [2.24, 2.45) is 0 Å². The van der Waals surface area contributed by atoms with Gasteiger partial charge >= 0.3 is 0 Å². The Morgan fingerprint density at radius 3 is 2.67 bits per heavy atom. The summed E-state index contributed by atoms with van der Waals surface area (Å²) in [6, 6.07) is 11.6. The lowest BCUT2D eigenvalue weighted by atomic mass is 10.1. The van der Waals surface area contributed by atoms with Gasteiger partial charge in [0.05, 0.1) is 10.6 Å². The molecule has 0 atom stereocenters. The second-order valence-electron chi connectivity index (χ2n) is 3.40. The van der Waals surface area contributed by atoms with E-state index in [1.54, 1.807) is 0 Å². The maximum atomic E-state index is 9.28. The highest BCUT2D eigenvalue weighted by Gasteiger charge is 2.13. The fourth-order valence-corrected chi connectivity index (χ4v) is 3.44. The predicted octanol–water partition coefficient (Wildman–Crippen LogP) is 5.90. The van der Waals surface area contributed by atoms with E-state index in [0.29, 0.717) is 10.6 Å². The van der Waals surface area contributed by atoms with Gasteiger partial charge in [-0.05, 0) is 29.6 Å². The maximum Gasteiger partial charge on any atom is 0.102 e. The molecular formula is C13H6Br2ClNS. The van der Waals surface area contributed by atoms with Gasteiger partial charge in [0, 0.05) is 19.4 Å². The number of nitriles is 1. The summed E-state index contributed by atoms with van der Waals surface area (Å²) in [5.41, 5.74) is 1.29. The van der Waals surface area contributed by atoms with Gasteiger partial charge in [-0.1, -0.05) is 49.5 Å². The van der Waals surface area contributed by atoms with Crippen LogP contribution < -0.4 is 0 Å². The van der Waals surface area contributed by atoms with Crippen molar-refractivity contribution >= 4 is 65.4 Å². The molecule has 1 aromatic heterocycles. The number of hydrogen-bond acceptors (Lipinski definition) is 2. The number of halogens is 3. The highest BCUT2D eigenvalue weighted by atomic mass is 79.9. The van der Waals surface area contributed by atoms with E-state index in [4.69, 9.17) is 11.6 Å². The van der Waals surface area contributed by atoms with Gasteiger partial charge < -0.3 is 0 Å². The van der Waals surface area contributed by atoms with E-state index in [0.717, 1.165) is 19.4 Å². The Bertz CT molecular complexity index is 642. The van der Waals surface area contributed by atoms with Crippen molar-refractivity contribution in [3.8, 4) is 6.07 Å². The van der Waals surface area contributed by atoms with E-state index in [1.165, 1.54) is 11.3 Å². The van der Waals surface area contributed by atoms with Gasteiger partial charge in [-0.3, -0.25) is 0 Å². The first-order valence-electron chi connectivity index (χ1n) is 4.92. The second kappa shape index (κ2) is 6.03.